The number of carbonyl (C=O) groups excluding carboxylic acids is 1. The van der Waals surface area contributed by atoms with E-state index in [0.29, 0.717) is 18.4 Å². The van der Waals surface area contributed by atoms with E-state index in [0.717, 1.165) is 31.2 Å². The van der Waals surface area contributed by atoms with Gasteiger partial charge in [-0.05, 0) is 24.8 Å². The van der Waals surface area contributed by atoms with Crippen LogP contribution < -0.4 is 0 Å². The maximum absolute atomic E-state index is 14.9. The van der Waals surface area contributed by atoms with Crippen molar-refractivity contribution < 1.29 is 9.18 Å². The summed E-state index contributed by atoms with van der Waals surface area (Å²) in [6.07, 6.45) is 4.63. The summed E-state index contributed by atoms with van der Waals surface area (Å²) in [6.45, 7) is 5.72. The van der Waals surface area contributed by atoms with Gasteiger partial charge in [-0.15, -0.1) is 0 Å². The summed E-state index contributed by atoms with van der Waals surface area (Å²) in [4.78, 5) is 12.2. The van der Waals surface area contributed by atoms with Crippen molar-refractivity contribution in [2.75, 3.05) is 0 Å². The van der Waals surface area contributed by atoms with Gasteiger partial charge < -0.3 is 0 Å². The monoisotopic (exact) mass is 300 g/mol. The summed E-state index contributed by atoms with van der Waals surface area (Å²) >= 11 is 0. The Morgan fingerprint density at radius 2 is 1.86 bits per heavy atom. The van der Waals surface area contributed by atoms with Crippen molar-refractivity contribution >= 4 is 5.78 Å². The molecule has 1 aliphatic rings. The van der Waals surface area contributed by atoms with Crippen molar-refractivity contribution in [3.63, 3.8) is 0 Å². The SMILES string of the molecule is CC(C)(C)C(=O)c1ccc(CC2(F)C#CCCCCC2)cc1. The van der Waals surface area contributed by atoms with Crippen molar-refractivity contribution in [3.8, 4) is 11.8 Å². The van der Waals surface area contributed by atoms with Crippen LogP contribution in [0.1, 0.15) is 68.8 Å². The third-order valence-corrected chi connectivity index (χ3v) is 4.07. The molecule has 1 unspecified atom stereocenters. The van der Waals surface area contributed by atoms with Crippen molar-refractivity contribution in [3.05, 3.63) is 35.4 Å². The third-order valence-electron chi connectivity index (χ3n) is 4.07. The van der Waals surface area contributed by atoms with Gasteiger partial charge in [0.2, 0.25) is 0 Å². The average molecular weight is 300 g/mol. The summed E-state index contributed by atoms with van der Waals surface area (Å²) in [6, 6.07) is 7.34. The first kappa shape index (κ1) is 16.7. The molecule has 2 rings (SSSR count). The Bertz CT molecular complexity index is 583. The highest BCUT2D eigenvalue weighted by atomic mass is 19.1. The van der Waals surface area contributed by atoms with E-state index in [1.165, 1.54) is 0 Å². The number of benzene rings is 1. The summed E-state index contributed by atoms with van der Waals surface area (Å²) in [7, 11) is 0. The van der Waals surface area contributed by atoms with Gasteiger partial charge in [-0.3, -0.25) is 4.79 Å². The number of alkyl halides is 1. The van der Waals surface area contributed by atoms with Gasteiger partial charge >= 0.3 is 0 Å². The normalized spacial score (nSPS) is 22.2. The number of hydrogen-bond acceptors (Lipinski definition) is 1. The zero-order valence-corrected chi connectivity index (χ0v) is 13.8. The molecule has 0 radical (unpaired) electrons. The largest absolute Gasteiger partial charge is 0.294 e. The molecule has 0 amide bonds. The highest BCUT2D eigenvalue weighted by Crippen LogP contribution is 2.27. The molecule has 0 saturated carbocycles. The molecular formula is C20H25FO. The standard InChI is InChI=1S/C20H25FO/c1-19(2,3)18(22)17-11-9-16(10-12-17)15-20(21)13-7-5-4-6-8-14-20/h9-12H,4-7,13,15H2,1-3H3. The lowest BCUT2D eigenvalue weighted by atomic mass is 9.85. The first-order chi connectivity index (χ1) is 10.3. The molecule has 1 atom stereocenters. The van der Waals surface area contributed by atoms with Gasteiger partial charge in [0.15, 0.2) is 11.5 Å². The maximum atomic E-state index is 14.9. The first-order valence-electron chi connectivity index (χ1n) is 8.13. The van der Waals surface area contributed by atoms with Crippen LogP contribution in [0, 0.1) is 17.3 Å². The van der Waals surface area contributed by atoms with Crippen LogP contribution in [0.3, 0.4) is 0 Å². The fourth-order valence-electron chi connectivity index (χ4n) is 2.74. The van der Waals surface area contributed by atoms with Gasteiger partial charge in [0, 0.05) is 23.8 Å². The number of Topliss-reactive ketones (excluding diaryl/α,β-unsaturated/α-hetero) is 1. The number of hydrogen-bond donors (Lipinski definition) is 0. The Kier molecular flexibility index (Phi) is 5.06. The summed E-state index contributed by atoms with van der Waals surface area (Å²) < 4.78 is 14.9. The Morgan fingerprint density at radius 3 is 2.50 bits per heavy atom. The van der Waals surface area contributed by atoms with Gasteiger partial charge in [-0.25, -0.2) is 4.39 Å². The second-order valence-corrected chi connectivity index (χ2v) is 7.28. The van der Waals surface area contributed by atoms with E-state index in [9.17, 15) is 9.18 Å². The molecular weight excluding hydrogens is 275 g/mol. The molecule has 0 aliphatic heterocycles. The molecule has 0 heterocycles. The number of rotatable bonds is 3. The fraction of sp³-hybridized carbons (Fsp3) is 0.550. The zero-order valence-electron chi connectivity index (χ0n) is 13.8. The van der Waals surface area contributed by atoms with Gasteiger partial charge in [-0.1, -0.05) is 63.3 Å². The minimum absolute atomic E-state index is 0.111. The van der Waals surface area contributed by atoms with Crippen molar-refractivity contribution in [1.82, 2.24) is 0 Å². The van der Waals surface area contributed by atoms with Crippen LogP contribution in [0.2, 0.25) is 0 Å². The van der Waals surface area contributed by atoms with Crippen LogP contribution in [-0.4, -0.2) is 11.5 Å². The van der Waals surface area contributed by atoms with Crippen LogP contribution in [-0.2, 0) is 6.42 Å². The molecule has 0 bridgehead atoms. The van der Waals surface area contributed by atoms with Gasteiger partial charge in [-0.2, -0.15) is 0 Å². The minimum atomic E-state index is -1.42. The topological polar surface area (TPSA) is 17.1 Å². The lowest BCUT2D eigenvalue weighted by molar-refractivity contribution is 0.0858. The Hall–Kier alpha value is -1.62. The molecule has 22 heavy (non-hydrogen) atoms. The average Bonchev–Trinajstić information content (AvgIpc) is 2.43. The van der Waals surface area contributed by atoms with Crippen LogP contribution in [0.4, 0.5) is 4.39 Å². The Balaban J connectivity index is 2.12. The molecule has 0 fully saturated rings. The molecule has 1 aromatic rings. The maximum Gasteiger partial charge on any atom is 0.174 e. The zero-order chi connectivity index (χ0) is 16.2. The van der Waals surface area contributed by atoms with E-state index < -0.39 is 11.1 Å². The smallest absolute Gasteiger partial charge is 0.174 e. The van der Waals surface area contributed by atoms with Crippen molar-refractivity contribution in [1.29, 1.82) is 0 Å². The number of carbonyl (C=O) groups is 1. The van der Waals surface area contributed by atoms with Crippen LogP contribution in [0.5, 0.6) is 0 Å². The molecule has 1 aromatic carbocycles. The Morgan fingerprint density at radius 1 is 1.18 bits per heavy atom. The molecule has 2 heteroatoms. The molecule has 0 spiro atoms. The van der Waals surface area contributed by atoms with E-state index in [2.05, 4.69) is 11.8 Å². The first-order valence-corrected chi connectivity index (χ1v) is 8.13. The summed E-state index contributed by atoms with van der Waals surface area (Å²) in [5.41, 5.74) is -0.222. The molecule has 0 aromatic heterocycles. The lowest BCUT2D eigenvalue weighted by Gasteiger charge is -2.21. The van der Waals surface area contributed by atoms with E-state index in [-0.39, 0.29) is 5.78 Å². The highest BCUT2D eigenvalue weighted by molar-refractivity contribution is 5.99. The van der Waals surface area contributed by atoms with Crippen LogP contribution in [0.25, 0.3) is 0 Å². The Labute approximate surface area is 133 Å². The summed E-state index contributed by atoms with van der Waals surface area (Å²) in [5.74, 6) is 5.90. The molecule has 0 N–H and O–H groups in total. The second kappa shape index (κ2) is 6.65. The van der Waals surface area contributed by atoms with Crippen LogP contribution in [0.15, 0.2) is 24.3 Å². The molecule has 1 aliphatic carbocycles. The van der Waals surface area contributed by atoms with Crippen molar-refractivity contribution in [2.45, 2.75) is 65.0 Å². The third kappa shape index (κ3) is 4.44. The van der Waals surface area contributed by atoms with Crippen molar-refractivity contribution in [2.24, 2.45) is 5.41 Å². The molecule has 0 saturated heterocycles. The summed E-state index contributed by atoms with van der Waals surface area (Å²) in [5, 5.41) is 0. The van der Waals surface area contributed by atoms with E-state index >= 15 is 0 Å². The highest BCUT2D eigenvalue weighted by Gasteiger charge is 2.28. The predicted octanol–water partition coefficient (Wildman–Crippen LogP) is 5.13. The van der Waals surface area contributed by atoms with Crippen LogP contribution >= 0.6 is 0 Å². The lowest BCUT2D eigenvalue weighted by Crippen LogP contribution is -2.25. The van der Waals surface area contributed by atoms with E-state index in [4.69, 9.17) is 0 Å². The number of ketones is 1. The molecule has 118 valence electrons. The van der Waals surface area contributed by atoms with Gasteiger partial charge in [0.05, 0.1) is 0 Å². The quantitative estimate of drug-likeness (QED) is 0.558. The van der Waals surface area contributed by atoms with E-state index in [1.807, 2.05) is 45.0 Å². The number of halogens is 1. The van der Waals surface area contributed by atoms with E-state index in [1.54, 1.807) is 0 Å². The molecule has 1 nitrogen and oxygen atoms in total. The van der Waals surface area contributed by atoms with Gasteiger partial charge in [0.25, 0.3) is 0 Å². The fourth-order valence-corrected chi connectivity index (χ4v) is 2.74. The second-order valence-electron chi connectivity index (χ2n) is 7.28. The minimum Gasteiger partial charge on any atom is -0.294 e. The predicted molar refractivity (Wildman–Crippen MR) is 88.6 cm³/mol. The van der Waals surface area contributed by atoms with Gasteiger partial charge in [0.1, 0.15) is 0 Å².